The van der Waals surface area contributed by atoms with Crippen molar-refractivity contribution in [2.75, 3.05) is 19.0 Å². The number of ether oxygens (including phenoxy) is 5. The Labute approximate surface area is 207 Å². The van der Waals surface area contributed by atoms with E-state index in [9.17, 15) is 29.1 Å². The summed E-state index contributed by atoms with van der Waals surface area (Å²) in [5.74, 6) is -3.53. The van der Waals surface area contributed by atoms with Gasteiger partial charge in [-0.2, -0.15) is 9.97 Å². The molecular formula is C20H24N4O11S. The van der Waals surface area contributed by atoms with Crippen LogP contribution in [0.3, 0.4) is 0 Å². The number of fused-ring (bicyclic) bond motifs is 1. The highest BCUT2D eigenvalue weighted by atomic mass is 32.1. The van der Waals surface area contributed by atoms with E-state index in [1.54, 1.807) is 0 Å². The van der Waals surface area contributed by atoms with E-state index in [0.717, 1.165) is 32.3 Å². The number of nitrogens with one attached hydrogen (secondary N) is 1. The van der Waals surface area contributed by atoms with Crippen molar-refractivity contribution in [2.45, 2.75) is 58.3 Å². The number of carbonyl (C=O) groups is 4. The molecule has 0 spiro atoms. The van der Waals surface area contributed by atoms with Gasteiger partial charge in [0.15, 0.2) is 30.2 Å². The summed E-state index contributed by atoms with van der Waals surface area (Å²) in [7, 11) is 1.49. The number of hydrogen-bond acceptors (Lipinski definition) is 15. The van der Waals surface area contributed by atoms with Crippen molar-refractivity contribution in [2.24, 2.45) is 0 Å². The summed E-state index contributed by atoms with van der Waals surface area (Å²) in [4.78, 5) is 67.5. The van der Waals surface area contributed by atoms with Crippen molar-refractivity contribution in [3.05, 3.63) is 9.67 Å². The first kappa shape index (κ1) is 26.8. The maximum absolute atomic E-state index is 13.0. The summed E-state index contributed by atoms with van der Waals surface area (Å²) in [6, 6.07) is 0. The van der Waals surface area contributed by atoms with E-state index in [4.69, 9.17) is 23.7 Å². The van der Waals surface area contributed by atoms with Gasteiger partial charge in [-0.3, -0.25) is 28.5 Å². The van der Waals surface area contributed by atoms with Crippen LogP contribution in [0.1, 0.15) is 33.9 Å². The molecule has 0 aliphatic carbocycles. The molecule has 1 aliphatic heterocycles. The highest BCUT2D eigenvalue weighted by molar-refractivity contribution is 7.16. The summed E-state index contributed by atoms with van der Waals surface area (Å²) in [6.07, 6.45) is -6.91. The second-order valence-corrected chi connectivity index (χ2v) is 8.56. The van der Waals surface area contributed by atoms with Crippen molar-refractivity contribution in [1.29, 1.82) is 0 Å². The van der Waals surface area contributed by atoms with E-state index in [1.165, 1.54) is 7.05 Å². The number of aromatic nitrogens is 3. The Kier molecular flexibility index (Phi) is 8.09. The highest BCUT2D eigenvalue weighted by Gasteiger charge is 2.55. The Morgan fingerprint density at radius 3 is 2.25 bits per heavy atom. The molecule has 15 nitrogen and oxygen atoms in total. The van der Waals surface area contributed by atoms with Crippen LogP contribution >= 0.6 is 11.3 Å². The van der Waals surface area contributed by atoms with Crippen LogP contribution in [0.2, 0.25) is 0 Å². The second-order valence-electron chi connectivity index (χ2n) is 7.60. The maximum atomic E-state index is 13.0. The molecule has 2 N–H and O–H groups in total. The lowest BCUT2D eigenvalue weighted by Crippen LogP contribution is -2.46. The Morgan fingerprint density at radius 1 is 1.06 bits per heavy atom. The third-order valence-corrected chi connectivity index (χ3v) is 5.83. The van der Waals surface area contributed by atoms with Gasteiger partial charge in [0, 0.05) is 34.7 Å². The molecule has 2 aromatic heterocycles. The maximum Gasteiger partial charge on any atom is 0.311 e. The fraction of sp³-hybridized carbons (Fsp3) is 0.550. The van der Waals surface area contributed by atoms with Crippen molar-refractivity contribution in [1.82, 2.24) is 14.5 Å². The number of rotatable bonds is 8. The first-order valence-corrected chi connectivity index (χ1v) is 11.3. The Bertz CT molecular complexity index is 1240. The summed E-state index contributed by atoms with van der Waals surface area (Å²) in [6.45, 7) is 3.95. The summed E-state index contributed by atoms with van der Waals surface area (Å²) >= 11 is 0.604. The molecule has 196 valence electrons. The molecule has 0 aromatic carbocycles. The van der Waals surface area contributed by atoms with Gasteiger partial charge in [-0.1, -0.05) is 11.3 Å². The van der Waals surface area contributed by atoms with Gasteiger partial charge in [-0.15, -0.1) is 0 Å². The summed E-state index contributed by atoms with van der Waals surface area (Å²) in [5, 5.41) is 12.9. The third kappa shape index (κ3) is 5.71. The van der Waals surface area contributed by atoms with Crippen LogP contribution in [-0.2, 0) is 42.9 Å². The molecule has 16 heteroatoms. The minimum absolute atomic E-state index is 0.0192. The molecule has 1 aliphatic rings. The van der Waals surface area contributed by atoms with Crippen LogP contribution in [0, 0.1) is 0 Å². The Balaban J connectivity index is 2.18. The molecule has 0 radical (unpaired) electrons. The first-order chi connectivity index (χ1) is 16.9. The van der Waals surface area contributed by atoms with Gasteiger partial charge in [0.1, 0.15) is 17.4 Å². The predicted molar refractivity (Wildman–Crippen MR) is 120 cm³/mol. The van der Waals surface area contributed by atoms with Gasteiger partial charge in [0.05, 0.1) is 0 Å². The van der Waals surface area contributed by atoms with Gasteiger partial charge in [-0.05, 0) is 0 Å². The first-order valence-electron chi connectivity index (χ1n) is 10.5. The minimum atomic E-state index is -1.45. The third-order valence-electron chi connectivity index (χ3n) is 4.89. The molecule has 5 atom stereocenters. The average molecular weight is 528 g/mol. The van der Waals surface area contributed by atoms with Crippen LogP contribution in [0.5, 0.6) is 5.88 Å². The van der Waals surface area contributed by atoms with Crippen LogP contribution < -0.4 is 10.2 Å². The van der Waals surface area contributed by atoms with Crippen molar-refractivity contribution in [3.8, 4) is 5.88 Å². The minimum Gasteiger partial charge on any atom is -0.492 e. The lowest BCUT2D eigenvalue weighted by molar-refractivity contribution is -0.177. The second kappa shape index (κ2) is 10.9. The number of thiazole rings is 1. The monoisotopic (exact) mass is 528 g/mol. The lowest BCUT2D eigenvalue weighted by Gasteiger charge is -2.27. The van der Waals surface area contributed by atoms with Crippen molar-refractivity contribution >= 4 is 51.5 Å². The molecule has 3 heterocycles. The largest absolute Gasteiger partial charge is 0.492 e. The predicted octanol–water partition coefficient (Wildman–Crippen LogP) is -0.144. The fourth-order valence-electron chi connectivity index (χ4n) is 3.66. The van der Waals surface area contributed by atoms with Gasteiger partial charge in [0.2, 0.25) is 11.8 Å². The van der Waals surface area contributed by atoms with Gasteiger partial charge in [0.25, 0.3) is 0 Å². The smallest absolute Gasteiger partial charge is 0.311 e. The number of aromatic hydroxyl groups is 1. The van der Waals surface area contributed by atoms with Crippen molar-refractivity contribution in [3.63, 3.8) is 0 Å². The van der Waals surface area contributed by atoms with E-state index in [1.807, 2.05) is 0 Å². The SMILES string of the molecule is CNc1nc(O)c2sc(=O)n([C@@H]3O[C@H](C(COC(C)=O)OC(C)=O)[C@H](OC(C)=O)[C@H]3OC(C)=O)c2n1. The van der Waals surface area contributed by atoms with E-state index in [-0.39, 0.29) is 16.3 Å². The van der Waals surface area contributed by atoms with Gasteiger partial charge < -0.3 is 34.1 Å². The zero-order valence-electron chi connectivity index (χ0n) is 19.9. The highest BCUT2D eigenvalue weighted by Crippen LogP contribution is 2.38. The zero-order valence-corrected chi connectivity index (χ0v) is 20.7. The van der Waals surface area contributed by atoms with Crippen LogP contribution in [0.25, 0.3) is 10.3 Å². The quantitative estimate of drug-likeness (QED) is 0.339. The van der Waals surface area contributed by atoms with Crippen molar-refractivity contribution < 1.29 is 48.0 Å². The number of hydrogen-bond donors (Lipinski definition) is 2. The molecule has 0 amide bonds. The zero-order chi connectivity index (χ0) is 26.7. The Hall–Kier alpha value is -3.79. The number of esters is 4. The van der Waals surface area contributed by atoms with E-state index in [0.29, 0.717) is 11.3 Å². The molecule has 2 aromatic rings. The number of carbonyl (C=O) groups excluding carboxylic acids is 4. The fourth-order valence-corrected chi connectivity index (χ4v) is 4.50. The molecule has 3 rings (SSSR count). The summed E-state index contributed by atoms with van der Waals surface area (Å²) < 4.78 is 28.0. The molecule has 1 unspecified atom stereocenters. The van der Waals surface area contributed by atoms with E-state index in [2.05, 4.69) is 15.3 Å². The number of nitrogens with zero attached hydrogens (tertiary/aromatic N) is 3. The van der Waals surface area contributed by atoms with E-state index < -0.39 is 71.9 Å². The van der Waals surface area contributed by atoms with Gasteiger partial charge in [-0.25, -0.2) is 0 Å². The molecule has 1 fully saturated rings. The lowest BCUT2D eigenvalue weighted by atomic mass is 10.0. The average Bonchev–Trinajstić information content (AvgIpc) is 3.27. The standard InChI is InChI=1S/C20H24N4O11S/c1-7(25)31-6-11(32-8(2)26)12-13(33-9(3)27)14(34-10(4)28)18(35-12)24-16-15(36-20(24)30)17(29)23-19(21-5)22-16/h11-14,18H,6H2,1-5H3,(H2,21,22,23,29)/t11?,12-,13+,14-,18-/m1/s1. The molecule has 0 bridgehead atoms. The molecule has 0 saturated carbocycles. The van der Waals surface area contributed by atoms with Crippen LogP contribution in [0.4, 0.5) is 5.95 Å². The number of anilines is 1. The normalized spacial score (nSPS) is 22.0. The van der Waals surface area contributed by atoms with Crippen LogP contribution in [-0.4, -0.2) is 81.6 Å². The molecular weight excluding hydrogens is 504 g/mol. The summed E-state index contributed by atoms with van der Waals surface area (Å²) in [5.41, 5.74) is -0.0600. The molecule has 1 saturated heterocycles. The molecule has 36 heavy (non-hydrogen) atoms. The van der Waals surface area contributed by atoms with Gasteiger partial charge >= 0.3 is 28.8 Å². The topological polar surface area (TPSA) is 194 Å². The van der Waals surface area contributed by atoms with Crippen LogP contribution in [0.15, 0.2) is 4.79 Å². The van der Waals surface area contributed by atoms with E-state index >= 15 is 0 Å². The Morgan fingerprint density at radius 2 is 1.69 bits per heavy atom.